The summed E-state index contributed by atoms with van der Waals surface area (Å²) in [6.07, 6.45) is 0. The topological polar surface area (TPSA) is 35.2 Å². The second-order valence-corrected chi connectivity index (χ2v) is 5.16. The van der Waals surface area contributed by atoms with Gasteiger partial charge in [-0.2, -0.15) is 0 Å². The summed E-state index contributed by atoms with van der Waals surface area (Å²) in [4.78, 5) is 2.53. The molecular formula is C14H17NOS. The average Bonchev–Trinajstić information content (AvgIpc) is 2.72. The number of aryl methyl sites for hydroxylation is 1. The van der Waals surface area contributed by atoms with Crippen LogP contribution in [0.15, 0.2) is 30.3 Å². The Labute approximate surface area is 106 Å². The fraction of sp³-hybridized carbons (Fsp3) is 0.286. The van der Waals surface area contributed by atoms with Gasteiger partial charge in [-0.3, -0.25) is 0 Å². The van der Waals surface area contributed by atoms with E-state index in [1.165, 1.54) is 26.4 Å². The first-order valence-electron chi connectivity index (χ1n) is 5.63. The maximum atomic E-state index is 5.69. The Kier molecular flexibility index (Phi) is 3.94. The number of rotatable bonds is 4. The van der Waals surface area contributed by atoms with Crippen molar-refractivity contribution < 1.29 is 4.74 Å². The summed E-state index contributed by atoms with van der Waals surface area (Å²) in [6, 6.07) is 10.5. The van der Waals surface area contributed by atoms with Crippen molar-refractivity contribution in [2.24, 2.45) is 5.73 Å². The molecule has 0 amide bonds. The van der Waals surface area contributed by atoms with Gasteiger partial charge in [0.2, 0.25) is 0 Å². The predicted molar refractivity (Wildman–Crippen MR) is 73.1 cm³/mol. The number of methoxy groups -OCH3 is 1. The first-order valence-corrected chi connectivity index (χ1v) is 6.44. The zero-order valence-electron chi connectivity index (χ0n) is 10.2. The molecule has 0 aliphatic carbocycles. The number of thiophene rings is 1. The van der Waals surface area contributed by atoms with Crippen molar-refractivity contribution in [3.63, 3.8) is 0 Å². The van der Waals surface area contributed by atoms with E-state index in [-0.39, 0.29) is 0 Å². The first-order chi connectivity index (χ1) is 8.26. The van der Waals surface area contributed by atoms with Crippen LogP contribution in [0.25, 0.3) is 10.4 Å². The molecule has 2 aromatic rings. The van der Waals surface area contributed by atoms with Crippen molar-refractivity contribution in [3.05, 3.63) is 46.3 Å². The Hall–Kier alpha value is -1.16. The van der Waals surface area contributed by atoms with E-state index in [0.717, 1.165) is 0 Å². The molecule has 1 aromatic heterocycles. The average molecular weight is 247 g/mol. The van der Waals surface area contributed by atoms with Gasteiger partial charge >= 0.3 is 0 Å². The predicted octanol–water partition coefficient (Wildman–Crippen LogP) is 3.33. The van der Waals surface area contributed by atoms with Gasteiger partial charge in [-0.25, -0.2) is 0 Å². The van der Waals surface area contributed by atoms with Gasteiger partial charge in [0.1, 0.15) is 0 Å². The largest absolute Gasteiger partial charge is 0.380 e. The van der Waals surface area contributed by atoms with Gasteiger partial charge < -0.3 is 10.5 Å². The number of ether oxygens (including phenoxy) is 1. The van der Waals surface area contributed by atoms with E-state index in [1.807, 2.05) is 6.07 Å². The van der Waals surface area contributed by atoms with Crippen LogP contribution < -0.4 is 5.73 Å². The van der Waals surface area contributed by atoms with Crippen LogP contribution >= 0.6 is 11.3 Å². The summed E-state index contributed by atoms with van der Waals surface area (Å²) in [6.45, 7) is 3.39. The minimum absolute atomic E-state index is 0.609. The quantitative estimate of drug-likeness (QED) is 0.899. The molecule has 0 spiro atoms. The first kappa shape index (κ1) is 12.3. The maximum absolute atomic E-state index is 5.69. The van der Waals surface area contributed by atoms with Gasteiger partial charge in [-0.15, -0.1) is 11.3 Å². The smallest absolute Gasteiger partial charge is 0.0719 e. The van der Waals surface area contributed by atoms with E-state index in [0.29, 0.717) is 13.2 Å². The molecule has 0 saturated carbocycles. The lowest BCUT2D eigenvalue weighted by Gasteiger charge is -2.07. The van der Waals surface area contributed by atoms with Gasteiger partial charge in [0.25, 0.3) is 0 Å². The third-order valence-electron chi connectivity index (χ3n) is 2.73. The lowest BCUT2D eigenvalue weighted by molar-refractivity contribution is 0.185. The Morgan fingerprint density at radius 1 is 1.29 bits per heavy atom. The summed E-state index contributed by atoms with van der Waals surface area (Å²) < 4.78 is 5.24. The zero-order chi connectivity index (χ0) is 12.3. The third-order valence-corrected chi connectivity index (χ3v) is 4.02. The highest BCUT2D eigenvalue weighted by molar-refractivity contribution is 7.15. The van der Waals surface area contributed by atoms with Crippen molar-refractivity contribution >= 4 is 11.3 Å². The van der Waals surface area contributed by atoms with Gasteiger partial charge in [0, 0.05) is 23.4 Å². The monoisotopic (exact) mass is 247 g/mol. The minimum atomic E-state index is 0.609. The molecule has 90 valence electrons. The van der Waals surface area contributed by atoms with E-state index < -0.39 is 0 Å². The number of benzene rings is 1. The van der Waals surface area contributed by atoms with Crippen LogP contribution in [0.4, 0.5) is 0 Å². The highest BCUT2D eigenvalue weighted by atomic mass is 32.1. The van der Waals surface area contributed by atoms with Gasteiger partial charge in [0.15, 0.2) is 0 Å². The van der Waals surface area contributed by atoms with Crippen LogP contribution in [-0.4, -0.2) is 7.11 Å². The van der Waals surface area contributed by atoms with Crippen molar-refractivity contribution in [2.75, 3.05) is 7.11 Å². The zero-order valence-corrected chi connectivity index (χ0v) is 11.0. The van der Waals surface area contributed by atoms with Crippen molar-refractivity contribution in [3.8, 4) is 10.4 Å². The molecule has 0 aliphatic rings. The van der Waals surface area contributed by atoms with Crippen LogP contribution in [0.5, 0.6) is 0 Å². The van der Waals surface area contributed by atoms with Crippen LogP contribution in [0.2, 0.25) is 0 Å². The summed E-state index contributed by atoms with van der Waals surface area (Å²) in [5.74, 6) is 0. The van der Waals surface area contributed by atoms with Crippen LogP contribution in [0, 0.1) is 6.92 Å². The van der Waals surface area contributed by atoms with Crippen LogP contribution in [-0.2, 0) is 17.9 Å². The van der Waals surface area contributed by atoms with E-state index in [4.69, 9.17) is 10.5 Å². The molecule has 2 N–H and O–H groups in total. The number of hydrogen-bond donors (Lipinski definition) is 1. The summed E-state index contributed by atoms with van der Waals surface area (Å²) in [7, 11) is 1.73. The third kappa shape index (κ3) is 2.57. The Balaban J connectivity index is 2.47. The molecule has 2 rings (SSSR count). The Bertz CT molecular complexity index is 505. The van der Waals surface area contributed by atoms with Gasteiger partial charge in [0.05, 0.1) is 6.61 Å². The summed E-state index contributed by atoms with van der Waals surface area (Å²) in [5.41, 5.74) is 9.47. The standard InChI is InChI=1S/C14H17NOS/c1-10-7-12(8-15)17-14(10)13-6-4-3-5-11(13)9-16-2/h3-7H,8-9,15H2,1-2H3. The van der Waals surface area contributed by atoms with E-state index in [9.17, 15) is 0 Å². The number of hydrogen-bond acceptors (Lipinski definition) is 3. The fourth-order valence-corrected chi connectivity index (χ4v) is 3.05. The molecule has 0 radical (unpaired) electrons. The second-order valence-electron chi connectivity index (χ2n) is 4.02. The maximum Gasteiger partial charge on any atom is 0.0719 e. The van der Waals surface area contributed by atoms with Gasteiger partial charge in [-0.05, 0) is 29.7 Å². The second kappa shape index (κ2) is 5.45. The van der Waals surface area contributed by atoms with Crippen molar-refractivity contribution in [2.45, 2.75) is 20.1 Å². The molecule has 0 bridgehead atoms. The van der Waals surface area contributed by atoms with Gasteiger partial charge in [-0.1, -0.05) is 24.3 Å². The molecule has 0 unspecified atom stereocenters. The summed E-state index contributed by atoms with van der Waals surface area (Å²) >= 11 is 1.77. The molecular weight excluding hydrogens is 230 g/mol. The molecule has 1 aromatic carbocycles. The fourth-order valence-electron chi connectivity index (χ4n) is 1.94. The molecule has 0 aliphatic heterocycles. The molecule has 2 nitrogen and oxygen atoms in total. The molecule has 17 heavy (non-hydrogen) atoms. The molecule has 3 heteroatoms. The molecule has 0 atom stereocenters. The lowest BCUT2D eigenvalue weighted by atomic mass is 10.0. The van der Waals surface area contributed by atoms with Crippen molar-refractivity contribution in [1.82, 2.24) is 0 Å². The van der Waals surface area contributed by atoms with Crippen LogP contribution in [0.3, 0.4) is 0 Å². The lowest BCUT2D eigenvalue weighted by Crippen LogP contribution is -1.91. The molecule has 0 saturated heterocycles. The highest BCUT2D eigenvalue weighted by Crippen LogP contribution is 2.34. The van der Waals surface area contributed by atoms with Crippen LogP contribution in [0.1, 0.15) is 16.0 Å². The molecule has 1 heterocycles. The normalized spacial score (nSPS) is 10.8. The van der Waals surface area contributed by atoms with Crippen molar-refractivity contribution in [1.29, 1.82) is 0 Å². The Morgan fingerprint density at radius 3 is 2.71 bits per heavy atom. The van der Waals surface area contributed by atoms with E-state index in [1.54, 1.807) is 18.4 Å². The van der Waals surface area contributed by atoms with E-state index >= 15 is 0 Å². The minimum Gasteiger partial charge on any atom is -0.380 e. The molecule has 0 fully saturated rings. The van der Waals surface area contributed by atoms with E-state index in [2.05, 4.69) is 31.2 Å². The summed E-state index contributed by atoms with van der Waals surface area (Å²) in [5, 5.41) is 0. The Morgan fingerprint density at radius 2 is 2.06 bits per heavy atom. The SMILES string of the molecule is COCc1ccccc1-c1sc(CN)cc1C. The highest BCUT2D eigenvalue weighted by Gasteiger charge is 2.10. The number of nitrogens with two attached hydrogens (primary N) is 1.